The van der Waals surface area contributed by atoms with Crippen molar-refractivity contribution >= 4 is 23.1 Å². The van der Waals surface area contributed by atoms with Gasteiger partial charge in [-0.05, 0) is 18.9 Å². The van der Waals surface area contributed by atoms with Crippen molar-refractivity contribution in [2.24, 2.45) is 0 Å². The van der Waals surface area contributed by atoms with Crippen molar-refractivity contribution in [2.75, 3.05) is 17.2 Å². The third-order valence-electron chi connectivity index (χ3n) is 2.64. The van der Waals surface area contributed by atoms with Crippen molar-refractivity contribution < 1.29 is 0 Å². The van der Waals surface area contributed by atoms with Crippen LogP contribution in [0.1, 0.15) is 26.2 Å². The Labute approximate surface area is 95.2 Å². The molecule has 1 aliphatic heterocycles. The second-order valence-electron chi connectivity index (χ2n) is 3.90. The van der Waals surface area contributed by atoms with E-state index >= 15 is 0 Å². The highest BCUT2D eigenvalue weighted by Gasteiger charge is 2.15. The average molecular weight is 226 g/mol. The molecule has 2 heterocycles. The summed E-state index contributed by atoms with van der Waals surface area (Å²) in [5.74, 6) is 0.926. The fourth-order valence-electron chi connectivity index (χ4n) is 1.90. The zero-order chi connectivity index (χ0) is 10.7. The quantitative estimate of drug-likeness (QED) is 0.812. The van der Waals surface area contributed by atoms with Crippen molar-refractivity contribution in [1.82, 2.24) is 4.98 Å². The molecule has 1 unspecified atom stereocenters. The number of halogens is 1. The number of fused-ring (bicyclic) bond motifs is 1. The summed E-state index contributed by atoms with van der Waals surface area (Å²) in [5.41, 5.74) is 1.01. The molecule has 1 atom stereocenters. The molecule has 3 nitrogen and oxygen atoms in total. The van der Waals surface area contributed by atoms with Crippen molar-refractivity contribution in [2.45, 2.75) is 32.2 Å². The Morgan fingerprint density at radius 1 is 1.60 bits per heavy atom. The maximum Gasteiger partial charge on any atom is 0.149 e. The molecular formula is C11H16ClN3. The molecule has 15 heavy (non-hydrogen) atoms. The minimum Gasteiger partial charge on any atom is -0.382 e. The zero-order valence-corrected chi connectivity index (χ0v) is 9.64. The lowest BCUT2D eigenvalue weighted by Gasteiger charge is -2.15. The highest BCUT2D eigenvalue weighted by molar-refractivity contribution is 6.30. The van der Waals surface area contributed by atoms with E-state index < -0.39 is 0 Å². The maximum absolute atomic E-state index is 5.90. The minimum atomic E-state index is 0.525. The molecule has 82 valence electrons. The molecule has 0 aromatic carbocycles. The predicted octanol–water partition coefficient (Wildman–Crippen LogP) is 3.13. The molecule has 1 aromatic rings. The molecule has 2 N–H and O–H groups in total. The third kappa shape index (κ3) is 2.53. The smallest absolute Gasteiger partial charge is 0.149 e. The number of aromatic nitrogens is 1. The number of pyridine rings is 1. The first-order chi connectivity index (χ1) is 7.29. The van der Waals surface area contributed by atoms with Gasteiger partial charge in [0.15, 0.2) is 0 Å². The van der Waals surface area contributed by atoms with Gasteiger partial charge in [0.1, 0.15) is 5.82 Å². The summed E-state index contributed by atoms with van der Waals surface area (Å²) in [7, 11) is 0. The summed E-state index contributed by atoms with van der Waals surface area (Å²) in [6.45, 7) is 3.18. The number of anilines is 2. The van der Waals surface area contributed by atoms with Crippen LogP contribution in [-0.4, -0.2) is 17.6 Å². The number of nitrogens with zero attached hydrogens (tertiary/aromatic N) is 1. The molecule has 0 radical (unpaired) electrons. The number of hydrogen-bond donors (Lipinski definition) is 2. The van der Waals surface area contributed by atoms with Gasteiger partial charge in [-0.3, -0.25) is 0 Å². The molecule has 0 saturated carbocycles. The second-order valence-corrected chi connectivity index (χ2v) is 4.33. The van der Waals surface area contributed by atoms with E-state index in [1.807, 2.05) is 6.07 Å². The molecule has 1 aliphatic rings. The fourth-order valence-corrected chi connectivity index (χ4v) is 2.06. The highest BCUT2D eigenvalue weighted by Crippen LogP contribution is 2.26. The van der Waals surface area contributed by atoms with Crippen LogP contribution < -0.4 is 10.6 Å². The van der Waals surface area contributed by atoms with Crippen LogP contribution >= 0.6 is 11.6 Å². The molecule has 1 aromatic heterocycles. The van der Waals surface area contributed by atoms with Crippen molar-refractivity contribution in [3.63, 3.8) is 0 Å². The van der Waals surface area contributed by atoms with Crippen LogP contribution in [0.2, 0.25) is 5.02 Å². The van der Waals surface area contributed by atoms with Gasteiger partial charge in [-0.1, -0.05) is 24.9 Å². The SMILES string of the molecule is CCCC1CCNc2cc(Cl)cnc2N1. The van der Waals surface area contributed by atoms with Gasteiger partial charge < -0.3 is 10.6 Å². The lowest BCUT2D eigenvalue weighted by atomic mass is 10.1. The maximum atomic E-state index is 5.90. The molecule has 0 aliphatic carbocycles. The van der Waals surface area contributed by atoms with E-state index in [9.17, 15) is 0 Å². The van der Waals surface area contributed by atoms with Crippen molar-refractivity contribution in [1.29, 1.82) is 0 Å². The van der Waals surface area contributed by atoms with Crippen molar-refractivity contribution in [3.8, 4) is 0 Å². The number of hydrogen-bond acceptors (Lipinski definition) is 3. The van der Waals surface area contributed by atoms with E-state index in [1.165, 1.54) is 12.8 Å². The molecule has 0 saturated heterocycles. The second kappa shape index (κ2) is 4.71. The van der Waals surface area contributed by atoms with Gasteiger partial charge in [0.05, 0.1) is 10.7 Å². The third-order valence-corrected chi connectivity index (χ3v) is 2.85. The van der Waals surface area contributed by atoms with Crippen molar-refractivity contribution in [3.05, 3.63) is 17.3 Å². The van der Waals surface area contributed by atoms with Crippen LogP contribution in [0, 0.1) is 0 Å². The highest BCUT2D eigenvalue weighted by atomic mass is 35.5. The predicted molar refractivity (Wildman–Crippen MR) is 64.7 cm³/mol. The Hall–Kier alpha value is -0.960. The van der Waals surface area contributed by atoms with E-state index in [0.717, 1.165) is 24.5 Å². The molecule has 2 rings (SSSR count). The minimum absolute atomic E-state index is 0.525. The van der Waals surface area contributed by atoms with E-state index in [-0.39, 0.29) is 0 Å². The molecule has 0 spiro atoms. The van der Waals surface area contributed by atoms with E-state index in [0.29, 0.717) is 11.1 Å². The van der Waals surface area contributed by atoms with Crippen LogP contribution in [-0.2, 0) is 0 Å². The van der Waals surface area contributed by atoms with E-state index in [1.54, 1.807) is 6.20 Å². The monoisotopic (exact) mass is 225 g/mol. The normalized spacial score (nSPS) is 19.7. The number of nitrogens with one attached hydrogen (secondary N) is 2. The topological polar surface area (TPSA) is 37.0 Å². The van der Waals surface area contributed by atoms with Crippen LogP contribution in [0.4, 0.5) is 11.5 Å². The summed E-state index contributed by atoms with van der Waals surface area (Å²) < 4.78 is 0. The van der Waals surface area contributed by atoms with E-state index in [4.69, 9.17) is 11.6 Å². The average Bonchev–Trinajstić information content (AvgIpc) is 2.40. The van der Waals surface area contributed by atoms with Gasteiger partial charge in [0.2, 0.25) is 0 Å². The summed E-state index contributed by atoms with van der Waals surface area (Å²) in [5, 5.41) is 7.48. The Balaban J connectivity index is 2.18. The van der Waals surface area contributed by atoms with Crippen LogP contribution in [0.3, 0.4) is 0 Å². The lowest BCUT2D eigenvalue weighted by molar-refractivity contribution is 0.614. The first-order valence-corrected chi connectivity index (χ1v) is 5.83. The standard InChI is InChI=1S/C11H16ClN3/c1-2-3-9-4-5-13-10-6-8(12)7-14-11(10)15-9/h6-7,9,13H,2-5H2,1H3,(H,14,15). The first kappa shape index (κ1) is 10.6. The van der Waals surface area contributed by atoms with Gasteiger partial charge >= 0.3 is 0 Å². The lowest BCUT2D eigenvalue weighted by Crippen LogP contribution is -2.19. The largest absolute Gasteiger partial charge is 0.382 e. The Morgan fingerprint density at radius 3 is 3.27 bits per heavy atom. The molecule has 0 amide bonds. The molecule has 4 heteroatoms. The Bertz CT molecular complexity index is 341. The Morgan fingerprint density at radius 2 is 2.47 bits per heavy atom. The summed E-state index contributed by atoms with van der Waals surface area (Å²) >= 11 is 5.90. The van der Waals surface area contributed by atoms with Gasteiger partial charge in [-0.15, -0.1) is 0 Å². The van der Waals surface area contributed by atoms with Gasteiger partial charge in [0, 0.05) is 18.8 Å². The van der Waals surface area contributed by atoms with Gasteiger partial charge in [-0.2, -0.15) is 0 Å². The zero-order valence-electron chi connectivity index (χ0n) is 8.89. The van der Waals surface area contributed by atoms with Gasteiger partial charge in [0.25, 0.3) is 0 Å². The molecular weight excluding hydrogens is 210 g/mol. The Kier molecular flexibility index (Phi) is 3.31. The molecule has 0 fully saturated rings. The summed E-state index contributed by atoms with van der Waals surface area (Å²) in [6, 6.07) is 2.45. The fraction of sp³-hybridized carbons (Fsp3) is 0.545. The van der Waals surface area contributed by atoms with E-state index in [2.05, 4.69) is 22.5 Å². The summed E-state index contributed by atoms with van der Waals surface area (Å²) in [6.07, 6.45) is 5.19. The summed E-state index contributed by atoms with van der Waals surface area (Å²) in [4.78, 5) is 4.31. The van der Waals surface area contributed by atoms with Gasteiger partial charge in [-0.25, -0.2) is 4.98 Å². The molecule has 0 bridgehead atoms. The van der Waals surface area contributed by atoms with Crippen LogP contribution in [0.25, 0.3) is 0 Å². The van der Waals surface area contributed by atoms with Crippen LogP contribution in [0.5, 0.6) is 0 Å². The van der Waals surface area contributed by atoms with Crippen LogP contribution in [0.15, 0.2) is 12.3 Å². The first-order valence-electron chi connectivity index (χ1n) is 5.45. The number of rotatable bonds is 2.